The zero-order valence-corrected chi connectivity index (χ0v) is 23.6. The maximum atomic E-state index is 11.8. The Balaban J connectivity index is 1.33. The lowest BCUT2D eigenvalue weighted by molar-refractivity contribution is -0.343. The minimum absolute atomic E-state index is 0.241. The molecule has 2 fully saturated rings. The number of halogens is 1. The van der Waals surface area contributed by atoms with Crippen molar-refractivity contribution in [1.29, 1.82) is 0 Å². The van der Waals surface area contributed by atoms with E-state index in [4.69, 9.17) is 28.4 Å². The first-order valence-electron chi connectivity index (χ1n) is 13.1. The van der Waals surface area contributed by atoms with Crippen molar-refractivity contribution in [2.45, 2.75) is 82.4 Å². The molecular weight excluding hydrogens is 556 g/mol. The molecule has 1 spiro atoms. The van der Waals surface area contributed by atoms with Gasteiger partial charge < -0.3 is 33.5 Å². The molecule has 0 bridgehead atoms. The van der Waals surface area contributed by atoms with Crippen molar-refractivity contribution in [2.24, 2.45) is 0 Å². The minimum Gasteiger partial charge on any atom is -0.497 e. The highest BCUT2D eigenvalue weighted by molar-refractivity contribution is 9.10. The molecule has 8 nitrogen and oxygen atoms in total. The van der Waals surface area contributed by atoms with Gasteiger partial charge in [-0.25, -0.2) is 0 Å². The molecule has 2 aliphatic heterocycles. The van der Waals surface area contributed by atoms with Gasteiger partial charge in [0.2, 0.25) is 0 Å². The van der Waals surface area contributed by atoms with Crippen LogP contribution in [0.4, 0.5) is 0 Å². The normalized spacial score (nSPS) is 27.3. The number of carbonyl (C=O) groups is 1. The van der Waals surface area contributed by atoms with Crippen LogP contribution in [0.3, 0.4) is 0 Å². The van der Waals surface area contributed by atoms with Crippen LogP contribution < -0.4 is 4.74 Å². The number of carbonyl (C=O) groups excluding carboxylic acids is 1. The molecule has 0 aromatic heterocycles. The summed E-state index contributed by atoms with van der Waals surface area (Å²) < 4.78 is 36.5. The van der Waals surface area contributed by atoms with E-state index >= 15 is 0 Å². The number of aliphatic hydroxyl groups is 1. The largest absolute Gasteiger partial charge is 0.497 e. The molecule has 4 rings (SSSR count). The maximum absolute atomic E-state index is 11.8. The Labute approximate surface area is 232 Å². The minimum atomic E-state index is -1.04. The first-order chi connectivity index (χ1) is 18.3. The predicted molar refractivity (Wildman–Crippen MR) is 144 cm³/mol. The van der Waals surface area contributed by atoms with E-state index in [0.29, 0.717) is 58.5 Å². The van der Waals surface area contributed by atoms with Gasteiger partial charge in [-0.3, -0.25) is 4.79 Å². The summed E-state index contributed by atoms with van der Waals surface area (Å²) in [5, 5.41) is 10.7. The zero-order valence-electron chi connectivity index (χ0n) is 22.0. The lowest BCUT2D eigenvalue weighted by atomic mass is 9.89. The smallest absolute Gasteiger partial charge is 0.302 e. The first kappa shape index (κ1) is 29.0. The molecular formula is C29H37BrO8. The second-order valence-electron chi connectivity index (χ2n) is 9.95. The average Bonchev–Trinajstić information content (AvgIpc) is 2.87. The molecule has 2 aromatic carbocycles. The highest BCUT2D eigenvalue weighted by Gasteiger charge is 2.49. The topological polar surface area (TPSA) is 92.7 Å². The van der Waals surface area contributed by atoms with Crippen LogP contribution in [-0.2, 0) is 41.7 Å². The van der Waals surface area contributed by atoms with E-state index in [0.717, 1.165) is 21.3 Å². The Morgan fingerprint density at radius 3 is 2.53 bits per heavy atom. The molecule has 2 aromatic rings. The summed E-state index contributed by atoms with van der Waals surface area (Å²) in [4.78, 5) is 11.8. The summed E-state index contributed by atoms with van der Waals surface area (Å²) in [5.74, 6) is -0.605. The van der Waals surface area contributed by atoms with Gasteiger partial charge in [-0.1, -0.05) is 46.3 Å². The molecule has 2 aliphatic rings. The summed E-state index contributed by atoms with van der Waals surface area (Å²) in [6, 6.07) is 15.6. The summed E-state index contributed by atoms with van der Waals surface area (Å²) in [6.45, 7) is 3.09. The lowest BCUT2D eigenvalue weighted by Crippen LogP contribution is -2.56. The highest BCUT2D eigenvalue weighted by atomic mass is 79.9. The third-order valence-corrected chi connectivity index (χ3v) is 7.55. The molecule has 38 heavy (non-hydrogen) atoms. The van der Waals surface area contributed by atoms with E-state index in [1.807, 2.05) is 48.5 Å². The number of ether oxygens (including phenoxy) is 6. The van der Waals surface area contributed by atoms with Gasteiger partial charge in [0.25, 0.3) is 0 Å². The third-order valence-electron chi connectivity index (χ3n) is 6.77. The van der Waals surface area contributed by atoms with Crippen LogP contribution in [0.5, 0.6) is 5.75 Å². The Kier molecular flexibility index (Phi) is 10.6. The van der Waals surface area contributed by atoms with Crippen LogP contribution in [0, 0.1) is 0 Å². The fourth-order valence-electron chi connectivity index (χ4n) is 5.12. The van der Waals surface area contributed by atoms with Gasteiger partial charge in [-0.15, -0.1) is 0 Å². The van der Waals surface area contributed by atoms with Crippen molar-refractivity contribution in [3.05, 3.63) is 64.1 Å². The standard InChI is InChI=1S/C29H37BrO8/c1-20(31)36-26-14-27(19-35-17-21-7-9-24(33-2)10-8-21)38-29(16-26)15-23(32)13-25(37-29)11-12-34-18-22-5-3-4-6-28(22)30/h3-10,23,25-27,32H,11-19H2,1-2H3/t23-,25-,26-,27+,29+/m0/s1. The van der Waals surface area contributed by atoms with Gasteiger partial charge in [0.1, 0.15) is 11.9 Å². The number of benzene rings is 2. The maximum Gasteiger partial charge on any atom is 0.302 e. The van der Waals surface area contributed by atoms with Gasteiger partial charge in [-0.05, 0) is 42.2 Å². The average molecular weight is 594 g/mol. The summed E-state index contributed by atoms with van der Waals surface area (Å²) in [7, 11) is 1.63. The predicted octanol–water partition coefficient (Wildman–Crippen LogP) is 4.93. The molecule has 1 N–H and O–H groups in total. The second-order valence-corrected chi connectivity index (χ2v) is 10.8. The van der Waals surface area contributed by atoms with E-state index < -0.39 is 11.9 Å². The summed E-state index contributed by atoms with van der Waals surface area (Å²) in [5.41, 5.74) is 2.09. The van der Waals surface area contributed by atoms with Crippen LogP contribution in [-0.4, -0.2) is 61.6 Å². The van der Waals surface area contributed by atoms with Crippen LogP contribution in [0.1, 0.15) is 50.2 Å². The highest BCUT2D eigenvalue weighted by Crippen LogP contribution is 2.41. The number of rotatable bonds is 11. The van der Waals surface area contributed by atoms with E-state index in [9.17, 15) is 9.90 Å². The van der Waals surface area contributed by atoms with Crippen molar-refractivity contribution in [3.8, 4) is 5.75 Å². The van der Waals surface area contributed by atoms with Gasteiger partial charge in [0, 0.05) is 37.3 Å². The SMILES string of the molecule is COc1ccc(COC[C@H]2C[C@H](OC(C)=O)C[C@@]3(C[C@@H](O)C[C@H](CCOCc4ccccc4Br)O3)O2)cc1. The Bertz CT molecular complexity index is 1030. The Morgan fingerprint density at radius 1 is 1.03 bits per heavy atom. The van der Waals surface area contributed by atoms with Gasteiger partial charge in [-0.2, -0.15) is 0 Å². The van der Waals surface area contributed by atoms with E-state index in [1.54, 1.807) is 7.11 Å². The summed E-state index contributed by atoms with van der Waals surface area (Å²) >= 11 is 3.54. The van der Waals surface area contributed by atoms with E-state index in [1.165, 1.54) is 6.92 Å². The molecule has 0 radical (unpaired) electrons. The van der Waals surface area contributed by atoms with Crippen LogP contribution in [0.2, 0.25) is 0 Å². The Morgan fingerprint density at radius 2 is 1.79 bits per heavy atom. The molecule has 0 unspecified atom stereocenters. The quantitative estimate of drug-likeness (QED) is 0.290. The van der Waals surface area contributed by atoms with E-state index in [-0.39, 0.29) is 24.3 Å². The fraction of sp³-hybridized carbons (Fsp3) is 0.552. The molecule has 5 atom stereocenters. The van der Waals surface area contributed by atoms with Gasteiger partial charge in [0.15, 0.2) is 5.79 Å². The molecule has 2 saturated heterocycles. The van der Waals surface area contributed by atoms with Crippen molar-refractivity contribution < 1.29 is 38.3 Å². The summed E-state index contributed by atoms with van der Waals surface area (Å²) in [6.07, 6.45) is 0.745. The molecule has 0 amide bonds. The van der Waals surface area contributed by atoms with Crippen molar-refractivity contribution in [3.63, 3.8) is 0 Å². The van der Waals surface area contributed by atoms with Crippen LogP contribution >= 0.6 is 15.9 Å². The van der Waals surface area contributed by atoms with Crippen molar-refractivity contribution >= 4 is 21.9 Å². The van der Waals surface area contributed by atoms with E-state index in [2.05, 4.69) is 15.9 Å². The molecule has 2 heterocycles. The van der Waals surface area contributed by atoms with Gasteiger partial charge >= 0.3 is 5.97 Å². The monoisotopic (exact) mass is 592 g/mol. The van der Waals surface area contributed by atoms with Crippen LogP contribution in [0.25, 0.3) is 0 Å². The number of methoxy groups -OCH3 is 1. The van der Waals surface area contributed by atoms with Gasteiger partial charge in [0.05, 0.1) is 45.2 Å². The number of hydrogen-bond donors (Lipinski definition) is 1. The third kappa shape index (κ3) is 8.49. The first-order valence-corrected chi connectivity index (χ1v) is 13.9. The number of hydrogen-bond acceptors (Lipinski definition) is 8. The molecule has 0 saturated carbocycles. The molecule has 9 heteroatoms. The zero-order chi connectivity index (χ0) is 27.0. The fourth-order valence-corrected chi connectivity index (χ4v) is 5.52. The number of esters is 1. The van der Waals surface area contributed by atoms with Crippen molar-refractivity contribution in [2.75, 3.05) is 20.3 Å². The molecule has 208 valence electrons. The molecule has 0 aliphatic carbocycles. The lowest BCUT2D eigenvalue weighted by Gasteiger charge is -2.49. The van der Waals surface area contributed by atoms with Crippen molar-refractivity contribution in [1.82, 2.24) is 0 Å². The Hall–Kier alpha value is -2.01. The second kappa shape index (κ2) is 13.9. The van der Waals surface area contributed by atoms with Crippen LogP contribution in [0.15, 0.2) is 53.0 Å². The number of aliphatic hydroxyl groups excluding tert-OH is 1.